The molecule has 4 nitrogen and oxygen atoms in total. The molecule has 2 aromatic rings. The van der Waals surface area contributed by atoms with Crippen molar-refractivity contribution in [3.8, 4) is 0 Å². The third-order valence-corrected chi connectivity index (χ3v) is 4.34. The van der Waals surface area contributed by atoms with E-state index >= 15 is 0 Å². The number of aromatic nitrogens is 2. The normalized spacial score (nSPS) is 10.6. The van der Waals surface area contributed by atoms with Gasteiger partial charge in [0.15, 0.2) is 5.82 Å². The zero-order valence-electron chi connectivity index (χ0n) is 9.64. The van der Waals surface area contributed by atoms with Gasteiger partial charge in [-0.1, -0.05) is 23.2 Å². The van der Waals surface area contributed by atoms with Crippen molar-refractivity contribution in [2.45, 2.75) is 6.92 Å². The molecule has 0 saturated heterocycles. The molecule has 0 unspecified atom stereocenters. The standard InChI is InChI=1S/C11H8BrCl3N4/c1-4-9(16)10(19-11(15)17-4)18-6-3-2-5(12)7(13)8(6)14/h2-3H,16H2,1H3,(H,17,18,19). The lowest BCUT2D eigenvalue weighted by atomic mass is 10.3. The smallest absolute Gasteiger partial charge is 0.224 e. The molecule has 1 heterocycles. The van der Waals surface area contributed by atoms with E-state index in [1.54, 1.807) is 19.1 Å². The van der Waals surface area contributed by atoms with Crippen molar-refractivity contribution in [3.05, 3.63) is 37.6 Å². The predicted octanol–water partition coefficient (Wildman–Crippen LogP) is 4.83. The Morgan fingerprint density at radius 3 is 2.53 bits per heavy atom. The second-order valence-corrected chi connectivity index (χ2v) is 5.64. The summed E-state index contributed by atoms with van der Waals surface area (Å²) < 4.78 is 0.703. The van der Waals surface area contributed by atoms with E-state index in [0.717, 1.165) is 0 Å². The fraction of sp³-hybridized carbons (Fsp3) is 0.0909. The summed E-state index contributed by atoms with van der Waals surface area (Å²) in [6, 6.07) is 3.52. The highest BCUT2D eigenvalue weighted by Crippen LogP contribution is 2.37. The number of nitrogens with zero attached hydrogens (tertiary/aromatic N) is 2. The van der Waals surface area contributed by atoms with Gasteiger partial charge in [0.1, 0.15) is 0 Å². The van der Waals surface area contributed by atoms with E-state index in [-0.39, 0.29) is 5.28 Å². The van der Waals surface area contributed by atoms with Crippen LogP contribution < -0.4 is 11.1 Å². The Labute approximate surface area is 133 Å². The maximum absolute atomic E-state index is 6.14. The van der Waals surface area contributed by atoms with Gasteiger partial charge < -0.3 is 11.1 Å². The van der Waals surface area contributed by atoms with Crippen molar-refractivity contribution < 1.29 is 0 Å². The van der Waals surface area contributed by atoms with Gasteiger partial charge in [-0.3, -0.25) is 0 Å². The molecule has 8 heteroatoms. The van der Waals surface area contributed by atoms with Crippen LogP contribution in [0, 0.1) is 6.92 Å². The van der Waals surface area contributed by atoms with Crippen LogP contribution in [0.15, 0.2) is 16.6 Å². The summed E-state index contributed by atoms with van der Waals surface area (Å²) in [5, 5.41) is 3.87. The summed E-state index contributed by atoms with van der Waals surface area (Å²) in [6.07, 6.45) is 0. The van der Waals surface area contributed by atoms with E-state index in [2.05, 4.69) is 31.2 Å². The lowest BCUT2D eigenvalue weighted by molar-refractivity contribution is 1.11. The third-order valence-electron chi connectivity index (χ3n) is 2.40. The van der Waals surface area contributed by atoms with Crippen LogP contribution in [0.1, 0.15) is 5.69 Å². The number of rotatable bonds is 2. The maximum atomic E-state index is 6.14. The number of hydrogen-bond acceptors (Lipinski definition) is 4. The van der Waals surface area contributed by atoms with E-state index < -0.39 is 0 Å². The lowest BCUT2D eigenvalue weighted by Crippen LogP contribution is -2.04. The van der Waals surface area contributed by atoms with Crippen molar-refractivity contribution in [1.82, 2.24) is 9.97 Å². The monoisotopic (exact) mass is 380 g/mol. The highest BCUT2D eigenvalue weighted by atomic mass is 79.9. The number of nitrogens with one attached hydrogen (secondary N) is 1. The second kappa shape index (κ2) is 5.71. The Balaban J connectivity index is 2.45. The molecule has 0 saturated carbocycles. The van der Waals surface area contributed by atoms with Gasteiger partial charge >= 0.3 is 0 Å². The van der Waals surface area contributed by atoms with Crippen molar-refractivity contribution in [3.63, 3.8) is 0 Å². The maximum Gasteiger partial charge on any atom is 0.224 e. The zero-order valence-corrected chi connectivity index (χ0v) is 13.5. The first kappa shape index (κ1) is 14.7. The van der Waals surface area contributed by atoms with Crippen molar-refractivity contribution >= 4 is 67.9 Å². The molecule has 19 heavy (non-hydrogen) atoms. The second-order valence-electron chi connectivity index (χ2n) is 3.69. The topological polar surface area (TPSA) is 63.8 Å². The molecule has 0 fully saturated rings. The highest BCUT2D eigenvalue weighted by molar-refractivity contribution is 9.10. The van der Waals surface area contributed by atoms with E-state index in [0.29, 0.717) is 37.4 Å². The Morgan fingerprint density at radius 1 is 1.16 bits per heavy atom. The van der Waals surface area contributed by atoms with E-state index in [1.165, 1.54) is 0 Å². The number of hydrogen-bond donors (Lipinski definition) is 2. The molecule has 100 valence electrons. The van der Waals surface area contributed by atoms with Gasteiger partial charge in [-0.15, -0.1) is 0 Å². The first-order valence-electron chi connectivity index (χ1n) is 5.10. The fourth-order valence-corrected chi connectivity index (χ4v) is 2.43. The van der Waals surface area contributed by atoms with Gasteiger partial charge in [0.05, 0.1) is 27.1 Å². The molecule has 2 rings (SSSR count). The molecule has 0 aliphatic heterocycles. The van der Waals surface area contributed by atoms with Gasteiger partial charge in [-0.25, -0.2) is 4.98 Å². The molecule has 0 amide bonds. The summed E-state index contributed by atoms with van der Waals surface area (Å²) >= 11 is 21.3. The summed E-state index contributed by atoms with van der Waals surface area (Å²) in [4.78, 5) is 7.98. The number of halogens is 4. The predicted molar refractivity (Wildman–Crippen MR) is 83.6 cm³/mol. The Morgan fingerprint density at radius 2 is 1.84 bits per heavy atom. The average molecular weight is 382 g/mol. The number of aryl methyl sites for hydroxylation is 1. The number of nitrogen functional groups attached to an aromatic ring is 1. The lowest BCUT2D eigenvalue weighted by Gasteiger charge is -2.12. The van der Waals surface area contributed by atoms with Crippen LogP contribution in [0.25, 0.3) is 0 Å². The molecule has 0 spiro atoms. The number of nitrogens with two attached hydrogens (primary N) is 1. The van der Waals surface area contributed by atoms with Crippen molar-refractivity contribution in [2.24, 2.45) is 0 Å². The van der Waals surface area contributed by atoms with Gasteiger partial charge in [0.2, 0.25) is 5.28 Å². The van der Waals surface area contributed by atoms with E-state index in [4.69, 9.17) is 40.5 Å². The first-order chi connectivity index (χ1) is 8.90. The average Bonchev–Trinajstić information content (AvgIpc) is 2.36. The van der Waals surface area contributed by atoms with Gasteiger partial charge in [0, 0.05) is 4.47 Å². The largest absolute Gasteiger partial charge is 0.394 e. The molecule has 0 bridgehead atoms. The molecule has 1 aromatic heterocycles. The molecular formula is C11H8BrCl3N4. The van der Waals surface area contributed by atoms with Gasteiger partial charge in [0.25, 0.3) is 0 Å². The summed E-state index contributed by atoms with van der Waals surface area (Å²) in [6.45, 7) is 1.74. The first-order valence-corrected chi connectivity index (χ1v) is 7.03. The van der Waals surface area contributed by atoms with Crippen LogP contribution in [0.5, 0.6) is 0 Å². The van der Waals surface area contributed by atoms with Crippen molar-refractivity contribution in [2.75, 3.05) is 11.1 Å². The van der Waals surface area contributed by atoms with Crippen LogP contribution in [0.4, 0.5) is 17.2 Å². The quantitative estimate of drug-likeness (QED) is 0.577. The van der Waals surface area contributed by atoms with Crippen LogP contribution in [-0.4, -0.2) is 9.97 Å². The summed E-state index contributed by atoms with van der Waals surface area (Å²) in [5.74, 6) is 0.387. The molecule has 1 aromatic carbocycles. The van der Waals surface area contributed by atoms with Crippen molar-refractivity contribution in [1.29, 1.82) is 0 Å². The number of anilines is 3. The van der Waals surface area contributed by atoms with Crippen LogP contribution in [0.3, 0.4) is 0 Å². The summed E-state index contributed by atoms with van der Waals surface area (Å²) in [5.41, 5.74) is 7.45. The Bertz CT molecular complexity index is 648. The third kappa shape index (κ3) is 3.05. The number of benzene rings is 1. The van der Waals surface area contributed by atoms with Crippen LogP contribution in [0.2, 0.25) is 15.3 Å². The molecule has 0 radical (unpaired) electrons. The minimum absolute atomic E-state index is 0.105. The molecule has 0 aliphatic carbocycles. The SMILES string of the molecule is Cc1nc(Cl)nc(Nc2ccc(Br)c(Cl)c2Cl)c1N. The molecule has 3 N–H and O–H groups in total. The fourth-order valence-electron chi connectivity index (χ4n) is 1.39. The Kier molecular flexibility index (Phi) is 4.40. The molecule has 0 aliphatic rings. The van der Waals surface area contributed by atoms with Gasteiger partial charge in [-0.2, -0.15) is 4.98 Å². The highest BCUT2D eigenvalue weighted by Gasteiger charge is 2.12. The summed E-state index contributed by atoms with van der Waals surface area (Å²) in [7, 11) is 0. The van der Waals surface area contributed by atoms with Crippen LogP contribution >= 0.6 is 50.7 Å². The van der Waals surface area contributed by atoms with Crippen LogP contribution in [-0.2, 0) is 0 Å². The van der Waals surface area contributed by atoms with E-state index in [1.807, 2.05) is 0 Å². The Hall–Kier alpha value is -0.750. The van der Waals surface area contributed by atoms with E-state index in [9.17, 15) is 0 Å². The van der Waals surface area contributed by atoms with Gasteiger partial charge in [-0.05, 0) is 46.6 Å². The molecular weight excluding hydrogens is 374 g/mol. The zero-order chi connectivity index (χ0) is 14.2. The molecule has 0 atom stereocenters. The minimum Gasteiger partial charge on any atom is -0.394 e. The minimum atomic E-state index is 0.105.